The van der Waals surface area contributed by atoms with E-state index in [1.165, 1.54) is 12.1 Å². The minimum atomic E-state index is -0.275. The van der Waals surface area contributed by atoms with E-state index in [2.05, 4.69) is 5.32 Å². The van der Waals surface area contributed by atoms with E-state index < -0.39 is 0 Å². The van der Waals surface area contributed by atoms with E-state index >= 15 is 0 Å². The van der Waals surface area contributed by atoms with Crippen molar-refractivity contribution >= 4 is 11.7 Å². The number of carbonyl (C=O) groups is 1. The molecule has 1 N–H and O–H groups in total. The van der Waals surface area contributed by atoms with Crippen LogP contribution in [0.15, 0.2) is 30.3 Å². The summed E-state index contributed by atoms with van der Waals surface area (Å²) in [6.45, 7) is 3.11. The number of carbonyl (C=O) groups excluding carboxylic acids is 1. The number of rotatable bonds is 1. The highest BCUT2D eigenvalue weighted by Crippen LogP contribution is 2.36. The number of urea groups is 1. The van der Waals surface area contributed by atoms with Crippen molar-refractivity contribution in [3.8, 4) is 11.5 Å². The minimum Gasteiger partial charge on any atom is -0.454 e. The van der Waals surface area contributed by atoms with Crippen LogP contribution < -0.4 is 14.8 Å². The molecule has 0 bridgehead atoms. The first-order valence-electron chi connectivity index (χ1n) is 7.83. The number of amides is 2. The van der Waals surface area contributed by atoms with E-state index in [0.29, 0.717) is 30.3 Å². The second-order valence-electron chi connectivity index (χ2n) is 6.04. The van der Waals surface area contributed by atoms with Crippen molar-refractivity contribution in [3.05, 3.63) is 52.8 Å². The molecule has 2 aliphatic heterocycles. The average Bonchev–Trinajstić information content (AvgIpc) is 3.01. The number of hydrogen-bond acceptors (Lipinski definition) is 3. The molecule has 4 rings (SSSR count). The molecule has 2 aromatic rings. The Morgan fingerprint density at radius 1 is 1.17 bits per heavy atom. The summed E-state index contributed by atoms with van der Waals surface area (Å²) >= 11 is 0. The number of halogens is 1. The summed E-state index contributed by atoms with van der Waals surface area (Å²) in [5.74, 6) is 1.04. The molecule has 2 heterocycles. The van der Waals surface area contributed by atoms with Gasteiger partial charge >= 0.3 is 6.03 Å². The van der Waals surface area contributed by atoms with Gasteiger partial charge in [-0.1, -0.05) is 6.07 Å². The molecule has 0 saturated carbocycles. The number of ether oxygens (including phenoxy) is 2. The van der Waals surface area contributed by atoms with Crippen LogP contribution >= 0.6 is 0 Å². The van der Waals surface area contributed by atoms with Gasteiger partial charge in [-0.05, 0) is 48.2 Å². The molecule has 0 fully saturated rings. The van der Waals surface area contributed by atoms with Gasteiger partial charge in [0.25, 0.3) is 0 Å². The second kappa shape index (κ2) is 5.70. The molecule has 0 aromatic heterocycles. The normalized spacial score (nSPS) is 15.2. The largest absolute Gasteiger partial charge is 0.454 e. The van der Waals surface area contributed by atoms with E-state index in [9.17, 15) is 9.18 Å². The standard InChI is InChI=1S/C18H17FN2O3/c1-11-6-16-17(24-10-23-16)8-15(11)20-18(22)21-5-4-12-2-3-14(19)7-13(12)9-21/h2-3,6-8H,4-5,9-10H2,1H3,(H,20,22). The summed E-state index contributed by atoms with van der Waals surface area (Å²) in [6, 6.07) is 8.17. The molecular formula is C18H17FN2O3. The van der Waals surface area contributed by atoms with E-state index in [1.54, 1.807) is 17.0 Å². The van der Waals surface area contributed by atoms with Crippen molar-refractivity contribution in [1.82, 2.24) is 4.90 Å². The summed E-state index contributed by atoms with van der Waals surface area (Å²) < 4.78 is 24.1. The molecule has 2 amide bonds. The molecule has 6 heteroatoms. The van der Waals surface area contributed by atoms with Gasteiger partial charge in [-0.25, -0.2) is 9.18 Å². The lowest BCUT2D eigenvalue weighted by Gasteiger charge is -2.29. The lowest BCUT2D eigenvalue weighted by atomic mass is 10.00. The van der Waals surface area contributed by atoms with Crippen LogP contribution in [0.5, 0.6) is 11.5 Å². The first-order valence-corrected chi connectivity index (χ1v) is 7.83. The Labute approximate surface area is 139 Å². The van der Waals surface area contributed by atoms with E-state index in [1.807, 2.05) is 13.0 Å². The van der Waals surface area contributed by atoms with Crippen LogP contribution in [0.4, 0.5) is 14.9 Å². The molecule has 2 aliphatic rings. The third-order valence-corrected chi connectivity index (χ3v) is 4.43. The van der Waals surface area contributed by atoms with Crippen LogP contribution in [0.1, 0.15) is 16.7 Å². The van der Waals surface area contributed by atoms with E-state index in [0.717, 1.165) is 23.1 Å². The van der Waals surface area contributed by atoms with Crippen LogP contribution in [0.3, 0.4) is 0 Å². The van der Waals surface area contributed by atoms with Gasteiger partial charge in [0.15, 0.2) is 11.5 Å². The zero-order valence-electron chi connectivity index (χ0n) is 13.3. The Bertz CT molecular complexity index is 822. The van der Waals surface area contributed by atoms with Gasteiger partial charge in [0, 0.05) is 24.8 Å². The predicted molar refractivity (Wildman–Crippen MR) is 86.8 cm³/mol. The molecule has 2 aromatic carbocycles. The Morgan fingerprint density at radius 2 is 1.96 bits per heavy atom. The molecule has 0 radical (unpaired) electrons. The molecule has 0 saturated heterocycles. The highest BCUT2D eigenvalue weighted by Gasteiger charge is 2.23. The SMILES string of the molecule is Cc1cc2c(cc1NC(=O)N1CCc3ccc(F)cc3C1)OCO2. The number of nitrogens with zero attached hydrogens (tertiary/aromatic N) is 1. The zero-order chi connectivity index (χ0) is 16.7. The molecule has 124 valence electrons. The monoisotopic (exact) mass is 328 g/mol. The van der Waals surface area contributed by atoms with Gasteiger partial charge in [0.05, 0.1) is 0 Å². The highest BCUT2D eigenvalue weighted by molar-refractivity contribution is 5.91. The smallest absolute Gasteiger partial charge is 0.322 e. The van der Waals surface area contributed by atoms with Crippen molar-refractivity contribution in [2.75, 3.05) is 18.7 Å². The maximum atomic E-state index is 13.4. The van der Waals surface area contributed by atoms with Crippen molar-refractivity contribution in [1.29, 1.82) is 0 Å². The van der Waals surface area contributed by atoms with Crippen LogP contribution in [-0.2, 0) is 13.0 Å². The highest BCUT2D eigenvalue weighted by atomic mass is 19.1. The lowest BCUT2D eigenvalue weighted by molar-refractivity contribution is 0.174. The number of anilines is 1. The van der Waals surface area contributed by atoms with Crippen LogP contribution in [0.25, 0.3) is 0 Å². The van der Waals surface area contributed by atoms with Crippen molar-refractivity contribution in [2.24, 2.45) is 0 Å². The maximum absolute atomic E-state index is 13.4. The summed E-state index contributed by atoms with van der Waals surface area (Å²) in [6.07, 6.45) is 0.725. The quantitative estimate of drug-likeness (QED) is 0.872. The lowest BCUT2D eigenvalue weighted by Crippen LogP contribution is -2.39. The van der Waals surface area contributed by atoms with Gasteiger partial charge in [0.2, 0.25) is 6.79 Å². The fraction of sp³-hybridized carbons (Fsp3) is 0.278. The molecule has 5 nitrogen and oxygen atoms in total. The van der Waals surface area contributed by atoms with Gasteiger partial charge in [0.1, 0.15) is 5.82 Å². The van der Waals surface area contributed by atoms with Gasteiger partial charge in [-0.15, -0.1) is 0 Å². The summed E-state index contributed by atoms with van der Waals surface area (Å²) in [5, 5.41) is 2.91. The molecule has 0 aliphatic carbocycles. The number of aryl methyl sites for hydroxylation is 1. The fourth-order valence-corrected chi connectivity index (χ4v) is 3.07. The second-order valence-corrected chi connectivity index (χ2v) is 6.04. The van der Waals surface area contributed by atoms with Gasteiger partial charge in [-0.2, -0.15) is 0 Å². The first kappa shape index (κ1) is 14.8. The minimum absolute atomic E-state index is 0.195. The predicted octanol–water partition coefficient (Wildman–Crippen LogP) is 3.45. The van der Waals surface area contributed by atoms with Crippen LogP contribution in [0.2, 0.25) is 0 Å². The number of hydrogen-bond donors (Lipinski definition) is 1. The molecule has 0 unspecified atom stereocenters. The van der Waals surface area contributed by atoms with Crippen molar-refractivity contribution in [2.45, 2.75) is 19.9 Å². The molecule has 24 heavy (non-hydrogen) atoms. The van der Waals surface area contributed by atoms with Gasteiger partial charge < -0.3 is 19.7 Å². The van der Waals surface area contributed by atoms with Crippen LogP contribution in [0, 0.1) is 12.7 Å². The third kappa shape index (κ3) is 2.64. The first-order chi connectivity index (χ1) is 11.6. The van der Waals surface area contributed by atoms with Gasteiger partial charge in [-0.3, -0.25) is 0 Å². The molecular weight excluding hydrogens is 311 g/mol. The zero-order valence-corrected chi connectivity index (χ0v) is 13.3. The Hall–Kier alpha value is -2.76. The number of benzene rings is 2. The molecule has 0 atom stereocenters. The van der Waals surface area contributed by atoms with Crippen molar-refractivity contribution in [3.63, 3.8) is 0 Å². The average molecular weight is 328 g/mol. The van der Waals surface area contributed by atoms with E-state index in [4.69, 9.17) is 9.47 Å². The third-order valence-electron chi connectivity index (χ3n) is 4.43. The number of nitrogens with one attached hydrogen (secondary N) is 1. The summed E-state index contributed by atoms with van der Waals surface area (Å²) in [5.41, 5.74) is 3.55. The Kier molecular flexibility index (Phi) is 3.52. The van der Waals surface area contributed by atoms with Crippen LogP contribution in [-0.4, -0.2) is 24.3 Å². The topological polar surface area (TPSA) is 50.8 Å². The van der Waals surface area contributed by atoms with E-state index in [-0.39, 0.29) is 18.6 Å². The summed E-state index contributed by atoms with van der Waals surface area (Å²) in [7, 11) is 0. The van der Waals surface area contributed by atoms with Crippen molar-refractivity contribution < 1.29 is 18.7 Å². The Balaban J connectivity index is 1.51. The summed E-state index contributed by atoms with van der Waals surface area (Å²) in [4.78, 5) is 14.2. The number of fused-ring (bicyclic) bond motifs is 2. The Morgan fingerprint density at radius 3 is 2.79 bits per heavy atom. The molecule has 0 spiro atoms. The maximum Gasteiger partial charge on any atom is 0.322 e. The fourth-order valence-electron chi connectivity index (χ4n) is 3.07.